The number of piperazine rings is 1. The summed E-state index contributed by atoms with van der Waals surface area (Å²) in [6, 6.07) is 11.7. The Kier molecular flexibility index (Phi) is 5.27. The van der Waals surface area contributed by atoms with Crippen molar-refractivity contribution < 1.29 is 26.9 Å². The van der Waals surface area contributed by atoms with E-state index in [-0.39, 0.29) is 17.0 Å². The van der Waals surface area contributed by atoms with Gasteiger partial charge in [-0.2, -0.15) is 18.2 Å². The highest BCUT2D eigenvalue weighted by Gasteiger charge is 2.38. The van der Waals surface area contributed by atoms with Gasteiger partial charge >= 0.3 is 17.7 Å². The van der Waals surface area contributed by atoms with E-state index in [4.69, 9.17) is 4.42 Å². The number of aromatic nitrogens is 3. The van der Waals surface area contributed by atoms with Crippen molar-refractivity contribution >= 4 is 22.7 Å². The summed E-state index contributed by atoms with van der Waals surface area (Å²) in [6.07, 6.45) is -3.36. The smallest absolute Gasteiger partial charge is 0.422 e. The van der Waals surface area contributed by atoms with Gasteiger partial charge < -0.3 is 18.7 Å². The van der Waals surface area contributed by atoms with Crippen LogP contribution < -0.4 is 10.5 Å². The van der Waals surface area contributed by atoms with Crippen molar-refractivity contribution in [2.45, 2.75) is 6.18 Å². The summed E-state index contributed by atoms with van der Waals surface area (Å²) in [5, 5.41) is 4.01. The molecule has 1 aliphatic heterocycles. The SMILES string of the molecule is O=C(c1cc2ccccc2oc1=O)N1CCN(c2ccc(-c3noc(C(F)(F)F)n3)cn2)CC1. The van der Waals surface area contributed by atoms with Gasteiger partial charge in [0.05, 0.1) is 0 Å². The standard InChI is InChI=1S/C22H16F3N5O4/c23-22(24,25)21-27-18(28-34-21)14-5-6-17(26-12-14)29-7-9-30(10-8-29)19(31)15-11-13-3-1-2-4-16(13)33-20(15)32/h1-6,11-12H,7-10H2. The molecule has 0 saturated carbocycles. The Balaban J connectivity index is 1.25. The minimum absolute atomic E-state index is 0.0204. The third kappa shape index (κ3) is 4.09. The molecule has 0 spiro atoms. The maximum atomic E-state index is 12.9. The van der Waals surface area contributed by atoms with E-state index >= 15 is 0 Å². The zero-order valence-corrected chi connectivity index (χ0v) is 17.5. The van der Waals surface area contributed by atoms with E-state index in [1.165, 1.54) is 12.3 Å². The van der Waals surface area contributed by atoms with Gasteiger partial charge in [-0.1, -0.05) is 23.4 Å². The van der Waals surface area contributed by atoms with E-state index < -0.39 is 23.6 Å². The number of para-hydroxylation sites is 1. The molecule has 34 heavy (non-hydrogen) atoms. The summed E-state index contributed by atoms with van der Waals surface area (Å²) in [6.45, 7) is 1.62. The number of benzene rings is 1. The quantitative estimate of drug-likeness (QED) is 0.420. The van der Waals surface area contributed by atoms with Gasteiger partial charge in [0.25, 0.3) is 5.91 Å². The Labute approximate surface area is 189 Å². The van der Waals surface area contributed by atoms with Crippen LogP contribution in [-0.4, -0.2) is 52.1 Å². The zero-order valence-electron chi connectivity index (χ0n) is 17.5. The second-order valence-electron chi connectivity index (χ2n) is 7.59. The van der Waals surface area contributed by atoms with Crippen LogP contribution in [-0.2, 0) is 6.18 Å². The first-order valence-corrected chi connectivity index (χ1v) is 10.2. The van der Waals surface area contributed by atoms with Crippen molar-refractivity contribution in [2.24, 2.45) is 0 Å². The average Bonchev–Trinajstić information content (AvgIpc) is 3.35. The first kappa shape index (κ1) is 21.6. The van der Waals surface area contributed by atoms with Crippen LogP contribution in [0.25, 0.3) is 22.4 Å². The predicted molar refractivity (Wildman–Crippen MR) is 113 cm³/mol. The van der Waals surface area contributed by atoms with Gasteiger partial charge in [-0.05, 0) is 24.3 Å². The first-order chi connectivity index (χ1) is 16.3. The van der Waals surface area contributed by atoms with Crippen LogP contribution in [0.2, 0.25) is 0 Å². The highest BCUT2D eigenvalue weighted by Crippen LogP contribution is 2.29. The topological polar surface area (TPSA) is 106 Å². The number of hydrogen-bond acceptors (Lipinski definition) is 8. The molecule has 174 valence electrons. The third-order valence-electron chi connectivity index (χ3n) is 5.44. The highest BCUT2D eigenvalue weighted by molar-refractivity contribution is 5.96. The van der Waals surface area contributed by atoms with Crippen LogP contribution in [0.3, 0.4) is 0 Å². The van der Waals surface area contributed by atoms with Crippen molar-refractivity contribution in [3.8, 4) is 11.4 Å². The van der Waals surface area contributed by atoms with Gasteiger partial charge in [0.1, 0.15) is 17.0 Å². The van der Waals surface area contributed by atoms with Crippen molar-refractivity contribution in [1.29, 1.82) is 0 Å². The number of rotatable bonds is 3. The molecule has 1 aliphatic rings. The number of hydrogen-bond donors (Lipinski definition) is 0. The van der Waals surface area contributed by atoms with Gasteiger partial charge in [-0.15, -0.1) is 0 Å². The van der Waals surface area contributed by atoms with Crippen molar-refractivity contribution in [3.05, 3.63) is 70.5 Å². The Hall–Kier alpha value is -4.22. The van der Waals surface area contributed by atoms with Crippen LogP contribution in [0.5, 0.6) is 0 Å². The molecule has 4 heterocycles. The van der Waals surface area contributed by atoms with Crippen molar-refractivity contribution in [1.82, 2.24) is 20.0 Å². The molecule has 0 bridgehead atoms. The molecule has 1 amide bonds. The minimum atomic E-state index is -4.72. The molecule has 0 atom stereocenters. The highest BCUT2D eigenvalue weighted by atomic mass is 19.4. The summed E-state index contributed by atoms with van der Waals surface area (Å²) < 4.78 is 47.4. The van der Waals surface area contributed by atoms with Crippen LogP contribution in [0.1, 0.15) is 16.2 Å². The second-order valence-corrected chi connectivity index (χ2v) is 7.59. The molecule has 3 aromatic heterocycles. The van der Waals surface area contributed by atoms with Gasteiger partial charge in [0.15, 0.2) is 0 Å². The minimum Gasteiger partial charge on any atom is -0.422 e. The Morgan fingerprint density at radius 1 is 1.03 bits per heavy atom. The Morgan fingerprint density at radius 2 is 1.79 bits per heavy atom. The maximum absolute atomic E-state index is 12.9. The molecular weight excluding hydrogens is 455 g/mol. The average molecular weight is 471 g/mol. The van der Waals surface area contributed by atoms with E-state index in [1.807, 2.05) is 4.90 Å². The van der Waals surface area contributed by atoms with Crippen LogP contribution >= 0.6 is 0 Å². The Bertz CT molecular complexity index is 1410. The number of amides is 1. The fourth-order valence-corrected chi connectivity index (χ4v) is 3.68. The lowest BCUT2D eigenvalue weighted by Crippen LogP contribution is -2.49. The summed E-state index contributed by atoms with van der Waals surface area (Å²) in [4.78, 5) is 36.3. The molecule has 0 N–H and O–H groups in total. The van der Waals surface area contributed by atoms with Crippen LogP contribution in [0.4, 0.5) is 19.0 Å². The molecule has 1 saturated heterocycles. The van der Waals surface area contributed by atoms with E-state index in [1.54, 1.807) is 41.3 Å². The number of pyridine rings is 1. The van der Waals surface area contributed by atoms with Gasteiger partial charge in [-0.3, -0.25) is 4.79 Å². The van der Waals surface area contributed by atoms with Gasteiger partial charge in [-0.25, -0.2) is 9.78 Å². The molecule has 9 nitrogen and oxygen atoms in total. The van der Waals surface area contributed by atoms with E-state index in [0.717, 1.165) is 0 Å². The van der Waals surface area contributed by atoms with Crippen molar-refractivity contribution in [3.63, 3.8) is 0 Å². The molecule has 1 fully saturated rings. The van der Waals surface area contributed by atoms with Crippen LogP contribution in [0, 0.1) is 0 Å². The lowest BCUT2D eigenvalue weighted by molar-refractivity contribution is -0.159. The summed E-state index contributed by atoms with van der Waals surface area (Å²) in [5.41, 5.74) is -0.00909. The molecule has 0 aliphatic carbocycles. The lowest BCUT2D eigenvalue weighted by Gasteiger charge is -2.35. The lowest BCUT2D eigenvalue weighted by atomic mass is 10.1. The van der Waals surface area contributed by atoms with E-state index in [9.17, 15) is 22.8 Å². The second kappa shape index (κ2) is 8.28. The number of nitrogens with zero attached hydrogens (tertiary/aromatic N) is 5. The first-order valence-electron chi connectivity index (χ1n) is 10.2. The number of fused-ring (bicyclic) bond motifs is 1. The molecule has 0 unspecified atom stereocenters. The number of alkyl halides is 3. The van der Waals surface area contributed by atoms with Crippen LogP contribution in [0.15, 0.2) is 62.4 Å². The van der Waals surface area contributed by atoms with Crippen molar-refractivity contribution in [2.75, 3.05) is 31.1 Å². The summed E-state index contributed by atoms with van der Waals surface area (Å²) in [5.74, 6) is -1.45. The van der Waals surface area contributed by atoms with Gasteiger partial charge in [0, 0.05) is 43.3 Å². The van der Waals surface area contributed by atoms with Gasteiger partial charge in [0.2, 0.25) is 5.82 Å². The fourth-order valence-electron chi connectivity index (χ4n) is 3.68. The Morgan fingerprint density at radius 3 is 2.47 bits per heavy atom. The molecule has 1 aromatic carbocycles. The zero-order chi connectivity index (χ0) is 23.9. The molecule has 4 aromatic rings. The normalized spacial score (nSPS) is 14.6. The fraction of sp³-hybridized carbons (Fsp3) is 0.227. The number of carbonyl (C=O) groups excluding carboxylic acids is 1. The molecule has 5 rings (SSSR count). The monoisotopic (exact) mass is 471 g/mol. The molecule has 12 heteroatoms. The number of halogens is 3. The maximum Gasteiger partial charge on any atom is 0.471 e. The summed E-state index contributed by atoms with van der Waals surface area (Å²) in [7, 11) is 0. The van der Waals surface area contributed by atoms with E-state index in [2.05, 4.69) is 19.6 Å². The largest absolute Gasteiger partial charge is 0.471 e. The molecular formula is C22H16F3N5O4. The predicted octanol–water partition coefficient (Wildman–Crippen LogP) is 3.22. The molecule has 0 radical (unpaired) electrons. The number of carbonyl (C=O) groups is 1. The van der Waals surface area contributed by atoms with E-state index in [0.29, 0.717) is 43.0 Å². The third-order valence-corrected chi connectivity index (χ3v) is 5.44. The summed E-state index contributed by atoms with van der Waals surface area (Å²) >= 11 is 0. The number of anilines is 1.